The average molecular weight is 412 g/mol. The van der Waals surface area contributed by atoms with Gasteiger partial charge in [0.05, 0.1) is 16.3 Å². The van der Waals surface area contributed by atoms with Gasteiger partial charge in [-0.3, -0.25) is 4.79 Å². The number of hydrogen-bond donors (Lipinski definition) is 1. The van der Waals surface area contributed by atoms with Gasteiger partial charge in [-0.15, -0.1) is 11.3 Å². The zero-order valence-corrected chi connectivity index (χ0v) is 17.3. The van der Waals surface area contributed by atoms with Gasteiger partial charge in [-0.25, -0.2) is 12.7 Å². The molecule has 0 unspecified atom stereocenters. The molecule has 0 atom stereocenters. The maximum Gasteiger partial charge on any atom is 0.261 e. The number of amides is 1. The highest BCUT2D eigenvalue weighted by atomic mass is 32.2. The number of piperidine rings is 1. The molecule has 0 radical (unpaired) electrons. The SMILES string of the molecule is Cc1noc(C)c1Cc1ccc(C(=O)NCCS(=O)(=O)N2CCCCC2)s1. The number of nitrogens with one attached hydrogen (secondary N) is 1. The van der Waals surface area contributed by atoms with Crippen molar-refractivity contribution in [2.45, 2.75) is 39.5 Å². The fraction of sp³-hybridized carbons (Fsp3) is 0.556. The van der Waals surface area contributed by atoms with Gasteiger partial charge in [0.2, 0.25) is 10.0 Å². The standard InChI is InChI=1S/C18H25N3O4S2/c1-13-16(14(2)25-20-13)12-15-6-7-17(26-15)18(22)19-8-11-27(23,24)21-9-4-3-5-10-21/h6-7H,3-5,8-12H2,1-2H3,(H,19,22). The average Bonchev–Trinajstić information content (AvgIpc) is 3.25. The molecule has 0 aliphatic carbocycles. The summed E-state index contributed by atoms with van der Waals surface area (Å²) in [5.41, 5.74) is 1.89. The van der Waals surface area contributed by atoms with E-state index in [0.29, 0.717) is 24.4 Å². The number of carbonyl (C=O) groups is 1. The summed E-state index contributed by atoms with van der Waals surface area (Å²) in [5, 5.41) is 6.67. The van der Waals surface area contributed by atoms with Crippen LogP contribution in [0.5, 0.6) is 0 Å². The van der Waals surface area contributed by atoms with Crippen LogP contribution in [0.4, 0.5) is 0 Å². The van der Waals surface area contributed by atoms with E-state index in [4.69, 9.17) is 4.52 Å². The van der Waals surface area contributed by atoms with Crippen LogP contribution >= 0.6 is 11.3 Å². The van der Waals surface area contributed by atoms with Crippen molar-refractivity contribution in [2.75, 3.05) is 25.4 Å². The molecule has 7 nitrogen and oxygen atoms in total. The van der Waals surface area contributed by atoms with Crippen molar-refractivity contribution in [3.05, 3.63) is 38.9 Å². The number of nitrogens with zero attached hydrogens (tertiary/aromatic N) is 2. The minimum atomic E-state index is -3.30. The van der Waals surface area contributed by atoms with Gasteiger partial charge in [0.1, 0.15) is 5.76 Å². The molecule has 3 heterocycles. The lowest BCUT2D eigenvalue weighted by atomic mass is 10.1. The summed E-state index contributed by atoms with van der Waals surface area (Å²) in [6, 6.07) is 3.68. The number of thiophene rings is 1. The Bertz CT molecular complexity index is 876. The summed E-state index contributed by atoms with van der Waals surface area (Å²) >= 11 is 1.40. The van der Waals surface area contributed by atoms with Gasteiger partial charge in [0.25, 0.3) is 5.91 Å². The van der Waals surface area contributed by atoms with Gasteiger partial charge in [-0.05, 0) is 38.8 Å². The van der Waals surface area contributed by atoms with E-state index in [2.05, 4.69) is 10.5 Å². The zero-order chi connectivity index (χ0) is 19.4. The smallest absolute Gasteiger partial charge is 0.261 e. The van der Waals surface area contributed by atoms with Crippen molar-refractivity contribution in [3.63, 3.8) is 0 Å². The van der Waals surface area contributed by atoms with Crippen LogP contribution in [0.15, 0.2) is 16.7 Å². The molecular formula is C18H25N3O4S2. The van der Waals surface area contributed by atoms with Crippen molar-refractivity contribution in [2.24, 2.45) is 0 Å². The van der Waals surface area contributed by atoms with E-state index < -0.39 is 10.0 Å². The predicted octanol–water partition coefficient (Wildman–Crippen LogP) is 2.49. The highest BCUT2D eigenvalue weighted by Crippen LogP contribution is 2.23. The van der Waals surface area contributed by atoms with Crippen molar-refractivity contribution >= 4 is 27.3 Å². The molecular weight excluding hydrogens is 386 g/mol. The topological polar surface area (TPSA) is 92.5 Å². The van der Waals surface area contributed by atoms with E-state index in [0.717, 1.165) is 41.2 Å². The predicted molar refractivity (Wildman–Crippen MR) is 105 cm³/mol. The van der Waals surface area contributed by atoms with Crippen LogP contribution in [-0.2, 0) is 16.4 Å². The first-order valence-corrected chi connectivity index (χ1v) is 11.6. The van der Waals surface area contributed by atoms with Crippen LogP contribution in [0.2, 0.25) is 0 Å². The summed E-state index contributed by atoms with van der Waals surface area (Å²) < 4.78 is 31.3. The normalized spacial score (nSPS) is 15.8. The van der Waals surface area contributed by atoms with Crippen molar-refractivity contribution in [1.29, 1.82) is 0 Å². The second-order valence-electron chi connectivity index (χ2n) is 6.78. The fourth-order valence-corrected chi connectivity index (χ4v) is 5.55. The van der Waals surface area contributed by atoms with Crippen LogP contribution in [0.25, 0.3) is 0 Å². The molecule has 148 valence electrons. The Morgan fingerprint density at radius 2 is 2.00 bits per heavy atom. The van der Waals surface area contributed by atoms with E-state index in [-0.39, 0.29) is 18.2 Å². The Morgan fingerprint density at radius 1 is 1.26 bits per heavy atom. The van der Waals surface area contributed by atoms with Gasteiger partial charge in [-0.2, -0.15) is 0 Å². The Hall–Kier alpha value is -1.71. The maximum absolute atomic E-state index is 12.3. The zero-order valence-electron chi connectivity index (χ0n) is 15.7. The van der Waals surface area contributed by atoms with Crippen LogP contribution in [-0.4, -0.2) is 49.2 Å². The van der Waals surface area contributed by atoms with E-state index in [9.17, 15) is 13.2 Å². The van der Waals surface area contributed by atoms with Crippen LogP contribution in [0, 0.1) is 13.8 Å². The number of sulfonamides is 1. The molecule has 2 aromatic heterocycles. The van der Waals surface area contributed by atoms with Gasteiger partial charge in [0, 0.05) is 36.5 Å². The molecule has 0 aromatic carbocycles. The number of hydrogen-bond acceptors (Lipinski definition) is 6. The number of aryl methyl sites for hydroxylation is 2. The van der Waals surface area contributed by atoms with Gasteiger partial charge in [-0.1, -0.05) is 11.6 Å². The highest BCUT2D eigenvalue weighted by Gasteiger charge is 2.23. The number of carbonyl (C=O) groups excluding carboxylic acids is 1. The molecule has 2 aromatic rings. The summed E-state index contributed by atoms with van der Waals surface area (Å²) in [6.07, 6.45) is 3.57. The highest BCUT2D eigenvalue weighted by molar-refractivity contribution is 7.89. The molecule has 0 saturated carbocycles. The number of aromatic nitrogens is 1. The van der Waals surface area contributed by atoms with E-state index in [1.807, 2.05) is 19.9 Å². The quantitative estimate of drug-likeness (QED) is 0.756. The molecule has 1 fully saturated rings. The Labute approximate surface area is 163 Å². The van der Waals surface area contributed by atoms with Crippen molar-refractivity contribution in [1.82, 2.24) is 14.8 Å². The molecule has 0 bridgehead atoms. The molecule has 1 saturated heterocycles. The minimum Gasteiger partial charge on any atom is -0.361 e. The molecule has 27 heavy (non-hydrogen) atoms. The molecule has 1 amide bonds. The molecule has 1 aliphatic heterocycles. The third-order valence-corrected chi connectivity index (χ3v) is 7.73. The first-order chi connectivity index (χ1) is 12.9. The van der Waals surface area contributed by atoms with E-state index >= 15 is 0 Å². The molecule has 1 aliphatic rings. The van der Waals surface area contributed by atoms with Gasteiger partial charge >= 0.3 is 0 Å². The monoisotopic (exact) mass is 411 g/mol. The second kappa shape index (κ2) is 8.53. The Balaban J connectivity index is 1.52. The van der Waals surface area contributed by atoms with Crippen molar-refractivity contribution < 1.29 is 17.7 Å². The van der Waals surface area contributed by atoms with Crippen molar-refractivity contribution in [3.8, 4) is 0 Å². The first-order valence-electron chi connectivity index (χ1n) is 9.13. The Morgan fingerprint density at radius 3 is 2.67 bits per heavy atom. The van der Waals surface area contributed by atoms with E-state index in [1.165, 1.54) is 15.6 Å². The molecule has 3 rings (SSSR count). The fourth-order valence-electron chi connectivity index (χ4n) is 3.18. The first kappa shape index (κ1) is 20.0. The van der Waals surface area contributed by atoms with Crippen LogP contribution in [0.1, 0.15) is 50.8 Å². The summed E-state index contributed by atoms with van der Waals surface area (Å²) in [7, 11) is -3.30. The summed E-state index contributed by atoms with van der Waals surface area (Å²) in [4.78, 5) is 13.9. The lowest BCUT2D eigenvalue weighted by molar-refractivity contribution is 0.0960. The third-order valence-electron chi connectivity index (χ3n) is 4.77. The lowest BCUT2D eigenvalue weighted by Gasteiger charge is -2.25. The lowest BCUT2D eigenvalue weighted by Crippen LogP contribution is -2.40. The van der Waals surface area contributed by atoms with Gasteiger partial charge in [0.15, 0.2) is 0 Å². The molecule has 0 spiro atoms. The number of rotatable bonds is 7. The Kier molecular flexibility index (Phi) is 6.33. The maximum atomic E-state index is 12.3. The van der Waals surface area contributed by atoms with Crippen LogP contribution < -0.4 is 5.32 Å². The van der Waals surface area contributed by atoms with Gasteiger partial charge < -0.3 is 9.84 Å². The summed E-state index contributed by atoms with van der Waals surface area (Å²) in [6.45, 7) is 5.07. The summed E-state index contributed by atoms with van der Waals surface area (Å²) in [5.74, 6) is 0.490. The third kappa shape index (κ3) is 4.97. The minimum absolute atomic E-state index is 0.0595. The largest absolute Gasteiger partial charge is 0.361 e. The second-order valence-corrected chi connectivity index (χ2v) is 10.0. The van der Waals surface area contributed by atoms with E-state index in [1.54, 1.807) is 6.07 Å². The van der Waals surface area contributed by atoms with Crippen LogP contribution in [0.3, 0.4) is 0 Å². The molecule has 1 N–H and O–H groups in total. The molecule has 9 heteroatoms.